The Balaban J connectivity index is 1.98. The molecule has 4 aromatic rings. The van der Waals surface area contributed by atoms with Crippen molar-refractivity contribution in [3.63, 3.8) is 0 Å². The maximum absolute atomic E-state index is 14.6. The number of hydrogen-bond acceptors (Lipinski definition) is 2. The second-order valence-corrected chi connectivity index (χ2v) is 13.8. The molecule has 0 aliphatic rings. The van der Waals surface area contributed by atoms with Gasteiger partial charge in [-0.15, -0.1) is 0 Å². The summed E-state index contributed by atoms with van der Waals surface area (Å²) in [6.45, 7) is 0. The van der Waals surface area contributed by atoms with E-state index in [1.54, 1.807) is 0 Å². The van der Waals surface area contributed by atoms with Crippen LogP contribution in [0.15, 0.2) is 84.9 Å². The van der Waals surface area contributed by atoms with Crippen LogP contribution in [0.25, 0.3) is 12.2 Å². The summed E-state index contributed by atoms with van der Waals surface area (Å²) in [5, 5.41) is -4.01. The highest BCUT2D eigenvalue weighted by Gasteiger charge is 2.38. The van der Waals surface area contributed by atoms with Gasteiger partial charge in [-0.05, 0) is 70.8 Å². The topological polar surface area (TPSA) is 34.1 Å². The van der Waals surface area contributed by atoms with Gasteiger partial charge in [0.15, 0.2) is 9.84 Å². The second-order valence-electron chi connectivity index (χ2n) is 9.94. The number of rotatable bonds is 8. The van der Waals surface area contributed by atoms with Crippen LogP contribution in [0.3, 0.4) is 0 Å². The Bertz CT molecular complexity index is 1840. The van der Waals surface area contributed by atoms with Gasteiger partial charge in [-0.1, -0.05) is 95.0 Å². The van der Waals surface area contributed by atoms with Gasteiger partial charge in [0.05, 0.1) is 11.1 Å². The van der Waals surface area contributed by atoms with Crippen molar-refractivity contribution in [3.8, 4) is 0 Å². The molecule has 0 bridgehead atoms. The van der Waals surface area contributed by atoms with E-state index in [2.05, 4.69) is 0 Å². The fraction of sp³-hybridized carbons (Fsp3) is 0.125. The third-order valence-electron chi connectivity index (χ3n) is 6.79. The fourth-order valence-electron chi connectivity index (χ4n) is 4.62. The van der Waals surface area contributed by atoms with Crippen LogP contribution < -0.4 is 0 Å². The molecular formula is C32H18Cl4F8O2S. The summed E-state index contributed by atoms with van der Waals surface area (Å²) in [5.74, 6) is -2.39. The molecule has 15 heteroatoms. The van der Waals surface area contributed by atoms with E-state index in [0.717, 1.165) is 48.6 Å². The molecule has 0 aromatic heterocycles. The minimum Gasteiger partial charge on any atom is -0.227 e. The lowest BCUT2D eigenvalue weighted by molar-refractivity contribution is -0.138. The van der Waals surface area contributed by atoms with Gasteiger partial charge in [-0.2, -0.15) is 26.3 Å². The van der Waals surface area contributed by atoms with Crippen LogP contribution in [0.4, 0.5) is 35.1 Å². The smallest absolute Gasteiger partial charge is 0.227 e. The highest BCUT2D eigenvalue weighted by molar-refractivity contribution is 7.92. The van der Waals surface area contributed by atoms with Crippen LogP contribution in [0.2, 0.25) is 20.1 Å². The van der Waals surface area contributed by atoms with E-state index < -0.39 is 66.6 Å². The summed E-state index contributed by atoms with van der Waals surface area (Å²) < 4.78 is 139. The van der Waals surface area contributed by atoms with Crippen LogP contribution in [0.1, 0.15) is 43.9 Å². The molecule has 0 saturated carbocycles. The predicted octanol–water partition coefficient (Wildman–Crippen LogP) is 12.2. The van der Waals surface area contributed by atoms with Gasteiger partial charge in [0, 0.05) is 20.1 Å². The molecule has 0 spiro atoms. The average Bonchev–Trinajstić information content (AvgIpc) is 2.95. The quantitative estimate of drug-likeness (QED) is 0.168. The lowest BCUT2D eigenvalue weighted by atomic mass is 10.0. The fourth-order valence-corrected chi connectivity index (χ4v) is 7.84. The standard InChI is InChI=1S/C32H18Cl4F8O2S/c33-19-5-9-23(27(35)13-19)29(11-3-17-1-7-21(37)15-25(17)31(39,40)41)47(45,46)30(24-10-6-20(34)14-28(24)36)12-4-18-2-8-22(38)16-26(18)32(42,43)44/h1-16,29-30H/b11-3+,12-4+. The van der Waals surface area contributed by atoms with E-state index >= 15 is 0 Å². The Morgan fingerprint density at radius 1 is 0.553 bits per heavy atom. The summed E-state index contributed by atoms with van der Waals surface area (Å²) in [6, 6.07) is 10.9. The van der Waals surface area contributed by atoms with E-state index in [4.69, 9.17) is 46.4 Å². The molecule has 0 aliphatic heterocycles. The molecule has 0 N–H and O–H groups in total. The van der Waals surface area contributed by atoms with E-state index in [-0.39, 0.29) is 43.4 Å². The molecule has 4 rings (SSSR count). The highest BCUT2D eigenvalue weighted by atomic mass is 35.5. The lowest BCUT2D eigenvalue weighted by Gasteiger charge is -2.23. The van der Waals surface area contributed by atoms with Gasteiger partial charge in [-0.3, -0.25) is 0 Å². The van der Waals surface area contributed by atoms with E-state index in [9.17, 15) is 43.5 Å². The number of hydrogen-bond donors (Lipinski definition) is 0. The monoisotopic (exact) mass is 758 g/mol. The first-order valence-corrected chi connectivity index (χ1v) is 16.1. The van der Waals surface area contributed by atoms with Crippen molar-refractivity contribution < 1.29 is 43.5 Å². The van der Waals surface area contributed by atoms with Crippen LogP contribution in [-0.4, -0.2) is 8.42 Å². The lowest BCUT2D eigenvalue weighted by Crippen LogP contribution is -2.20. The van der Waals surface area contributed by atoms with Crippen molar-refractivity contribution in [3.05, 3.63) is 150 Å². The van der Waals surface area contributed by atoms with Gasteiger partial charge >= 0.3 is 12.4 Å². The van der Waals surface area contributed by atoms with Gasteiger partial charge in [-0.25, -0.2) is 17.2 Å². The van der Waals surface area contributed by atoms with Crippen LogP contribution in [-0.2, 0) is 22.2 Å². The molecule has 0 heterocycles. The minimum atomic E-state index is -5.03. The number of halogens is 12. The normalized spacial score (nSPS) is 14.2. The Morgan fingerprint density at radius 2 is 0.915 bits per heavy atom. The molecule has 47 heavy (non-hydrogen) atoms. The SMILES string of the molecule is O=S(=O)(C(/C=C/c1ccc(F)cc1C(F)(F)F)c1ccc(Cl)cc1Cl)C(/C=C/c1ccc(F)cc1C(F)(F)F)c1ccc(Cl)cc1Cl. The van der Waals surface area contributed by atoms with Crippen molar-refractivity contribution in [2.24, 2.45) is 0 Å². The maximum atomic E-state index is 14.6. The molecule has 2 nitrogen and oxygen atoms in total. The van der Waals surface area contributed by atoms with E-state index in [1.165, 1.54) is 36.4 Å². The second kappa shape index (κ2) is 14.2. The third-order valence-corrected chi connectivity index (χ3v) is 10.2. The van der Waals surface area contributed by atoms with E-state index in [0.29, 0.717) is 0 Å². The summed E-state index contributed by atoms with van der Waals surface area (Å²) in [6.07, 6.45) is -6.70. The largest absolute Gasteiger partial charge is 0.417 e. The Kier molecular flexibility index (Phi) is 11.1. The molecule has 248 valence electrons. The molecule has 4 aromatic carbocycles. The van der Waals surface area contributed by atoms with Crippen LogP contribution in [0.5, 0.6) is 0 Å². The maximum Gasteiger partial charge on any atom is 0.417 e. The molecule has 0 saturated heterocycles. The van der Waals surface area contributed by atoms with Gasteiger partial charge in [0.25, 0.3) is 0 Å². The zero-order valence-electron chi connectivity index (χ0n) is 23.2. The molecule has 0 radical (unpaired) electrons. The van der Waals surface area contributed by atoms with Crippen molar-refractivity contribution in [1.82, 2.24) is 0 Å². The molecule has 2 atom stereocenters. The van der Waals surface area contributed by atoms with Crippen LogP contribution in [0, 0.1) is 11.6 Å². The molecule has 0 fully saturated rings. The van der Waals surface area contributed by atoms with Crippen molar-refractivity contribution in [2.45, 2.75) is 22.9 Å². The molecule has 2 unspecified atom stereocenters. The summed E-state index contributed by atoms with van der Waals surface area (Å²) in [7, 11) is -4.83. The van der Waals surface area contributed by atoms with Gasteiger partial charge in [0.1, 0.15) is 22.1 Å². The predicted molar refractivity (Wildman–Crippen MR) is 168 cm³/mol. The first-order valence-electron chi connectivity index (χ1n) is 13.0. The third kappa shape index (κ3) is 8.69. The summed E-state index contributed by atoms with van der Waals surface area (Å²) in [5.41, 5.74) is -4.32. The molecule has 0 aliphatic carbocycles. The zero-order chi connectivity index (χ0) is 34.9. The number of alkyl halides is 6. The van der Waals surface area contributed by atoms with Crippen molar-refractivity contribution in [1.29, 1.82) is 0 Å². The van der Waals surface area contributed by atoms with Crippen molar-refractivity contribution >= 4 is 68.4 Å². The first kappa shape index (κ1) is 36.7. The average molecular weight is 760 g/mol. The van der Waals surface area contributed by atoms with Gasteiger partial charge in [0.2, 0.25) is 0 Å². The van der Waals surface area contributed by atoms with Crippen molar-refractivity contribution in [2.75, 3.05) is 0 Å². The Labute approximate surface area is 283 Å². The highest BCUT2D eigenvalue weighted by Crippen LogP contribution is 2.43. The summed E-state index contributed by atoms with van der Waals surface area (Å²) >= 11 is 24.7. The Morgan fingerprint density at radius 3 is 1.23 bits per heavy atom. The first-order chi connectivity index (χ1) is 21.8. The molecule has 0 amide bonds. The van der Waals surface area contributed by atoms with Gasteiger partial charge < -0.3 is 0 Å². The minimum absolute atomic E-state index is 0.0879. The van der Waals surface area contributed by atoms with Crippen LogP contribution >= 0.6 is 46.4 Å². The zero-order valence-corrected chi connectivity index (χ0v) is 27.0. The number of benzene rings is 4. The van der Waals surface area contributed by atoms with E-state index in [1.807, 2.05) is 0 Å². The Hall–Kier alpha value is -3.09. The summed E-state index contributed by atoms with van der Waals surface area (Å²) in [4.78, 5) is 0. The number of sulfone groups is 1. The molecular weight excluding hydrogens is 742 g/mol.